The van der Waals surface area contributed by atoms with E-state index in [1.807, 2.05) is 27.7 Å². The predicted octanol–water partition coefficient (Wildman–Crippen LogP) is 3.82. The first-order chi connectivity index (χ1) is 12.6. The quantitative estimate of drug-likeness (QED) is 0.773. The van der Waals surface area contributed by atoms with E-state index in [0.29, 0.717) is 17.1 Å². The van der Waals surface area contributed by atoms with Crippen molar-refractivity contribution in [1.82, 2.24) is 5.32 Å². The summed E-state index contributed by atoms with van der Waals surface area (Å²) in [5.41, 5.74) is 1.14. The van der Waals surface area contributed by atoms with Gasteiger partial charge < -0.3 is 19.9 Å². The summed E-state index contributed by atoms with van der Waals surface area (Å²) in [6, 6.07) is 13.7. The number of hydrogen-bond acceptors (Lipinski definition) is 4. The molecule has 1 atom stereocenters. The van der Waals surface area contributed by atoms with Gasteiger partial charge in [0.1, 0.15) is 17.1 Å². The molecule has 0 bridgehead atoms. The minimum absolute atomic E-state index is 0.184. The number of amides is 1. The van der Waals surface area contributed by atoms with Gasteiger partial charge in [0.05, 0.1) is 6.04 Å². The summed E-state index contributed by atoms with van der Waals surface area (Å²) in [7, 11) is 0. The van der Waals surface area contributed by atoms with Gasteiger partial charge in [-0.15, -0.1) is 0 Å². The third-order valence-corrected chi connectivity index (χ3v) is 3.63. The van der Waals surface area contributed by atoms with E-state index in [4.69, 9.17) is 14.6 Å². The average Bonchev–Trinajstić information content (AvgIpc) is 2.59. The SMILES string of the molecule is CC(NC(=O)c1ccc(OC(C)(C)C)cc1)c1ccc(OCC(=O)O)cc1. The van der Waals surface area contributed by atoms with E-state index in [1.54, 1.807) is 48.5 Å². The summed E-state index contributed by atoms with van der Waals surface area (Å²) in [5.74, 6) is -0.0344. The van der Waals surface area contributed by atoms with Gasteiger partial charge >= 0.3 is 5.97 Å². The molecule has 2 N–H and O–H groups in total. The Morgan fingerprint density at radius 3 is 2.07 bits per heavy atom. The van der Waals surface area contributed by atoms with Crippen LogP contribution in [0.2, 0.25) is 0 Å². The summed E-state index contributed by atoms with van der Waals surface area (Å²) < 4.78 is 10.9. The third-order valence-electron chi connectivity index (χ3n) is 3.63. The fourth-order valence-corrected chi connectivity index (χ4v) is 2.39. The van der Waals surface area contributed by atoms with Gasteiger partial charge in [-0.05, 0) is 69.7 Å². The van der Waals surface area contributed by atoms with E-state index in [1.165, 1.54) is 0 Å². The van der Waals surface area contributed by atoms with Gasteiger partial charge in [0, 0.05) is 5.56 Å². The lowest BCUT2D eigenvalue weighted by Gasteiger charge is -2.21. The molecular formula is C21H25NO5. The standard InChI is InChI=1S/C21H25NO5/c1-14(15-5-9-17(10-6-15)26-13-19(23)24)22-20(25)16-7-11-18(12-8-16)27-21(2,3)4/h5-12,14H,13H2,1-4H3,(H,22,25)(H,23,24). The topological polar surface area (TPSA) is 84.9 Å². The summed E-state index contributed by atoms with van der Waals surface area (Å²) in [4.78, 5) is 22.9. The van der Waals surface area contributed by atoms with Gasteiger partial charge in [-0.1, -0.05) is 12.1 Å². The monoisotopic (exact) mass is 371 g/mol. The maximum absolute atomic E-state index is 12.4. The van der Waals surface area contributed by atoms with Crippen LogP contribution in [0.1, 0.15) is 49.7 Å². The van der Waals surface area contributed by atoms with Crippen molar-refractivity contribution in [2.75, 3.05) is 6.61 Å². The van der Waals surface area contributed by atoms with E-state index in [9.17, 15) is 9.59 Å². The van der Waals surface area contributed by atoms with Crippen LogP contribution in [-0.2, 0) is 4.79 Å². The predicted molar refractivity (Wildman–Crippen MR) is 102 cm³/mol. The third kappa shape index (κ3) is 6.66. The first kappa shape index (κ1) is 20.3. The van der Waals surface area contributed by atoms with Crippen LogP contribution < -0.4 is 14.8 Å². The number of ether oxygens (including phenoxy) is 2. The zero-order valence-corrected chi connectivity index (χ0v) is 16.0. The molecule has 0 spiro atoms. The molecule has 1 unspecified atom stereocenters. The van der Waals surface area contributed by atoms with Crippen LogP contribution in [0.3, 0.4) is 0 Å². The number of hydrogen-bond donors (Lipinski definition) is 2. The Balaban J connectivity index is 1.95. The first-order valence-corrected chi connectivity index (χ1v) is 8.68. The molecule has 27 heavy (non-hydrogen) atoms. The highest BCUT2D eigenvalue weighted by Gasteiger charge is 2.14. The molecule has 0 aliphatic rings. The Bertz CT molecular complexity index is 776. The van der Waals surface area contributed by atoms with Crippen molar-refractivity contribution < 1.29 is 24.2 Å². The Kier molecular flexibility index (Phi) is 6.45. The highest BCUT2D eigenvalue weighted by atomic mass is 16.5. The minimum Gasteiger partial charge on any atom is -0.488 e. The van der Waals surface area contributed by atoms with Crippen molar-refractivity contribution in [2.45, 2.75) is 39.3 Å². The molecular weight excluding hydrogens is 346 g/mol. The Hall–Kier alpha value is -3.02. The van der Waals surface area contributed by atoms with Crippen LogP contribution in [-0.4, -0.2) is 29.2 Å². The number of carbonyl (C=O) groups is 2. The number of benzene rings is 2. The fraction of sp³-hybridized carbons (Fsp3) is 0.333. The zero-order chi connectivity index (χ0) is 20.0. The Morgan fingerprint density at radius 1 is 1.00 bits per heavy atom. The van der Waals surface area contributed by atoms with Crippen molar-refractivity contribution in [3.8, 4) is 11.5 Å². The van der Waals surface area contributed by atoms with Gasteiger partial charge in [-0.2, -0.15) is 0 Å². The molecule has 2 aromatic carbocycles. The number of carbonyl (C=O) groups excluding carboxylic acids is 1. The largest absolute Gasteiger partial charge is 0.488 e. The lowest BCUT2D eigenvalue weighted by molar-refractivity contribution is -0.139. The maximum Gasteiger partial charge on any atom is 0.341 e. The summed E-state index contributed by atoms with van der Waals surface area (Å²) in [6.45, 7) is 7.39. The molecule has 0 saturated carbocycles. The number of nitrogens with one attached hydrogen (secondary N) is 1. The van der Waals surface area contributed by atoms with Crippen LogP contribution in [0.25, 0.3) is 0 Å². The van der Waals surface area contributed by atoms with E-state index in [2.05, 4.69) is 5.32 Å². The van der Waals surface area contributed by atoms with Crippen LogP contribution in [0, 0.1) is 0 Å². The van der Waals surface area contributed by atoms with E-state index in [0.717, 1.165) is 5.56 Å². The molecule has 0 radical (unpaired) electrons. The van der Waals surface area contributed by atoms with Crippen LogP contribution in [0.4, 0.5) is 0 Å². The normalized spacial score (nSPS) is 12.1. The second kappa shape index (κ2) is 8.58. The van der Waals surface area contributed by atoms with Crippen molar-refractivity contribution in [3.63, 3.8) is 0 Å². The maximum atomic E-state index is 12.4. The average molecular weight is 371 g/mol. The lowest BCUT2D eigenvalue weighted by Crippen LogP contribution is -2.26. The second-order valence-corrected chi connectivity index (χ2v) is 7.19. The van der Waals surface area contributed by atoms with Crippen molar-refractivity contribution >= 4 is 11.9 Å². The van der Waals surface area contributed by atoms with Gasteiger partial charge in [-0.25, -0.2) is 4.79 Å². The molecule has 0 aromatic heterocycles. The lowest BCUT2D eigenvalue weighted by atomic mass is 10.1. The Morgan fingerprint density at radius 2 is 1.56 bits per heavy atom. The highest BCUT2D eigenvalue weighted by molar-refractivity contribution is 5.94. The summed E-state index contributed by atoms with van der Waals surface area (Å²) >= 11 is 0. The molecule has 1 amide bonds. The molecule has 2 rings (SSSR count). The van der Waals surface area contributed by atoms with Crippen molar-refractivity contribution in [2.24, 2.45) is 0 Å². The molecule has 0 fully saturated rings. The van der Waals surface area contributed by atoms with Crippen LogP contribution in [0.15, 0.2) is 48.5 Å². The van der Waals surface area contributed by atoms with E-state index in [-0.39, 0.29) is 24.2 Å². The molecule has 6 nitrogen and oxygen atoms in total. The molecule has 144 valence electrons. The van der Waals surface area contributed by atoms with Gasteiger partial charge in [-0.3, -0.25) is 4.79 Å². The van der Waals surface area contributed by atoms with E-state index < -0.39 is 5.97 Å². The molecule has 6 heteroatoms. The van der Waals surface area contributed by atoms with Gasteiger partial charge in [0.15, 0.2) is 6.61 Å². The van der Waals surface area contributed by atoms with Crippen molar-refractivity contribution in [3.05, 3.63) is 59.7 Å². The zero-order valence-electron chi connectivity index (χ0n) is 16.0. The van der Waals surface area contributed by atoms with Gasteiger partial charge in [0.2, 0.25) is 0 Å². The molecule has 0 aliphatic carbocycles. The first-order valence-electron chi connectivity index (χ1n) is 8.68. The van der Waals surface area contributed by atoms with Crippen molar-refractivity contribution in [1.29, 1.82) is 0 Å². The minimum atomic E-state index is -1.03. The summed E-state index contributed by atoms with van der Waals surface area (Å²) in [5, 5.41) is 11.6. The fourth-order valence-electron chi connectivity index (χ4n) is 2.39. The highest BCUT2D eigenvalue weighted by Crippen LogP contribution is 2.20. The number of carboxylic acid groups (broad SMARTS) is 1. The molecule has 0 aliphatic heterocycles. The number of carboxylic acids is 1. The van der Waals surface area contributed by atoms with Crippen LogP contribution >= 0.6 is 0 Å². The summed E-state index contributed by atoms with van der Waals surface area (Å²) in [6.07, 6.45) is 0. The molecule has 0 heterocycles. The number of rotatable bonds is 7. The molecule has 0 saturated heterocycles. The van der Waals surface area contributed by atoms with E-state index >= 15 is 0 Å². The Labute approximate surface area is 159 Å². The molecule has 2 aromatic rings. The second-order valence-electron chi connectivity index (χ2n) is 7.19. The number of aliphatic carboxylic acids is 1. The van der Waals surface area contributed by atoms with Crippen LogP contribution in [0.5, 0.6) is 11.5 Å². The van der Waals surface area contributed by atoms with Gasteiger partial charge in [0.25, 0.3) is 5.91 Å². The smallest absolute Gasteiger partial charge is 0.341 e.